The predicted molar refractivity (Wildman–Crippen MR) is 86.4 cm³/mol. The molecule has 0 bridgehead atoms. The van der Waals surface area contributed by atoms with Gasteiger partial charge in [-0.2, -0.15) is 0 Å². The Morgan fingerprint density at radius 3 is 2.55 bits per heavy atom. The summed E-state index contributed by atoms with van der Waals surface area (Å²) >= 11 is 0. The monoisotopic (exact) mass is 305 g/mol. The first-order valence-electron chi connectivity index (χ1n) is 8.16. The molecule has 1 amide bonds. The number of carbonyl (C=O) groups is 1. The van der Waals surface area contributed by atoms with Crippen molar-refractivity contribution in [3.05, 3.63) is 35.9 Å². The van der Waals surface area contributed by atoms with Crippen LogP contribution < -0.4 is 5.32 Å². The van der Waals surface area contributed by atoms with Gasteiger partial charge in [-0.25, -0.2) is 4.79 Å². The maximum Gasteiger partial charge on any atom is 0.407 e. The number of hydrogen-bond donors (Lipinski definition) is 2. The number of rotatable bonds is 5. The summed E-state index contributed by atoms with van der Waals surface area (Å²) in [6, 6.07) is 9.25. The van der Waals surface area contributed by atoms with E-state index in [2.05, 4.69) is 12.2 Å². The molecule has 1 aromatic carbocycles. The van der Waals surface area contributed by atoms with Gasteiger partial charge in [0.05, 0.1) is 12.1 Å². The van der Waals surface area contributed by atoms with Crippen molar-refractivity contribution in [2.24, 2.45) is 5.41 Å². The Bertz CT molecular complexity index is 468. The van der Waals surface area contributed by atoms with Crippen LogP contribution in [-0.2, 0) is 11.3 Å². The number of carbonyl (C=O) groups excluding carboxylic acids is 1. The Balaban J connectivity index is 1.80. The summed E-state index contributed by atoms with van der Waals surface area (Å²) in [5.74, 6) is 0. The molecule has 0 aromatic heterocycles. The second-order valence-corrected chi connectivity index (χ2v) is 6.65. The summed E-state index contributed by atoms with van der Waals surface area (Å²) in [5.41, 5.74) is 0.842. The van der Waals surface area contributed by atoms with Crippen LogP contribution in [-0.4, -0.2) is 23.3 Å². The number of amides is 1. The summed E-state index contributed by atoms with van der Waals surface area (Å²) in [5, 5.41) is 13.3. The molecule has 0 aliphatic heterocycles. The number of hydrogen-bond acceptors (Lipinski definition) is 3. The van der Waals surface area contributed by atoms with Gasteiger partial charge in [0.2, 0.25) is 0 Å². The second kappa shape index (κ2) is 7.63. The van der Waals surface area contributed by atoms with Gasteiger partial charge in [0.25, 0.3) is 0 Å². The number of benzene rings is 1. The fourth-order valence-electron chi connectivity index (χ4n) is 3.29. The number of alkyl carbamates (subject to hydrolysis) is 1. The number of aliphatic hydroxyl groups is 1. The Labute approximate surface area is 132 Å². The minimum Gasteiger partial charge on any atom is -0.445 e. The van der Waals surface area contributed by atoms with E-state index in [1.165, 1.54) is 6.42 Å². The smallest absolute Gasteiger partial charge is 0.407 e. The van der Waals surface area contributed by atoms with Gasteiger partial charge in [0, 0.05) is 0 Å². The molecule has 1 aliphatic carbocycles. The van der Waals surface area contributed by atoms with E-state index in [1.807, 2.05) is 37.3 Å². The molecule has 0 heterocycles. The molecule has 4 nitrogen and oxygen atoms in total. The zero-order chi connectivity index (χ0) is 16.0. The highest BCUT2D eigenvalue weighted by Crippen LogP contribution is 2.39. The largest absolute Gasteiger partial charge is 0.445 e. The topological polar surface area (TPSA) is 58.6 Å². The van der Waals surface area contributed by atoms with Crippen molar-refractivity contribution >= 4 is 6.09 Å². The van der Waals surface area contributed by atoms with Crippen LogP contribution in [0.3, 0.4) is 0 Å². The molecule has 1 fully saturated rings. The lowest BCUT2D eigenvalue weighted by Gasteiger charge is -2.40. The van der Waals surface area contributed by atoms with Gasteiger partial charge in [-0.1, -0.05) is 56.5 Å². The van der Waals surface area contributed by atoms with Crippen LogP contribution in [0.4, 0.5) is 4.79 Å². The molecule has 4 heteroatoms. The van der Waals surface area contributed by atoms with Crippen LogP contribution in [0.2, 0.25) is 0 Å². The highest BCUT2D eigenvalue weighted by Gasteiger charge is 2.37. The molecule has 122 valence electrons. The van der Waals surface area contributed by atoms with Crippen molar-refractivity contribution < 1.29 is 14.6 Å². The summed E-state index contributed by atoms with van der Waals surface area (Å²) in [4.78, 5) is 11.9. The van der Waals surface area contributed by atoms with Crippen molar-refractivity contribution in [1.82, 2.24) is 5.32 Å². The van der Waals surface area contributed by atoms with Crippen molar-refractivity contribution in [3.8, 4) is 0 Å². The van der Waals surface area contributed by atoms with Gasteiger partial charge in [0.1, 0.15) is 6.61 Å². The highest BCUT2D eigenvalue weighted by molar-refractivity contribution is 5.67. The standard InChI is InChI=1S/C18H27NO3/c1-14(16(20)18(2)11-7-4-8-12-18)19-17(21)22-13-15-9-5-3-6-10-15/h3,5-6,9-10,14,16,20H,4,7-8,11-13H2,1-2H3,(H,19,21). The van der Waals surface area contributed by atoms with Crippen molar-refractivity contribution in [3.63, 3.8) is 0 Å². The lowest BCUT2D eigenvalue weighted by molar-refractivity contribution is -0.0122. The third-order valence-electron chi connectivity index (χ3n) is 4.74. The van der Waals surface area contributed by atoms with E-state index in [1.54, 1.807) is 0 Å². The lowest BCUT2D eigenvalue weighted by atomic mass is 9.70. The Morgan fingerprint density at radius 1 is 1.27 bits per heavy atom. The summed E-state index contributed by atoms with van der Waals surface area (Å²) in [6.07, 6.45) is 4.55. The number of nitrogens with one attached hydrogen (secondary N) is 1. The van der Waals surface area contributed by atoms with Crippen molar-refractivity contribution in [2.75, 3.05) is 0 Å². The molecule has 1 aromatic rings. The van der Waals surface area contributed by atoms with E-state index in [4.69, 9.17) is 4.74 Å². The van der Waals surface area contributed by atoms with Crippen LogP contribution >= 0.6 is 0 Å². The van der Waals surface area contributed by atoms with E-state index in [0.717, 1.165) is 31.2 Å². The number of aliphatic hydroxyl groups excluding tert-OH is 1. The van der Waals surface area contributed by atoms with E-state index in [9.17, 15) is 9.90 Å². The summed E-state index contributed by atoms with van der Waals surface area (Å²) in [6.45, 7) is 4.20. The van der Waals surface area contributed by atoms with Crippen LogP contribution in [0.15, 0.2) is 30.3 Å². The average molecular weight is 305 g/mol. The van der Waals surface area contributed by atoms with Crippen LogP contribution in [0.5, 0.6) is 0 Å². The molecular formula is C18H27NO3. The minimum atomic E-state index is -0.544. The molecule has 1 saturated carbocycles. The zero-order valence-corrected chi connectivity index (χ0v) is 13.5. The van der Waals surface area contributed by atoms with E-state index in [-0.39, 0.29) is 18.1 Å². The summed E-state index contributed by atoms with van der Waals surface area (Å²) in [7, 11) is 0. The molecule has 2 atom stereocenters. The molecule has 0 saturated heterocycles. The minimum absolute atomic E-state index is 0.107. The van der Waals surface area contributed by atoms with Crippen LogP contribution in [0.25, 0.3) is 0 Å². The normalized spacial score (nSPS) is 20.0. The van der Waals surface area contributed by atoms with Crippen molar-refractivity contribution in [1.29, 1.82) is 0 Å². The Kier molecular flexibility index (Phi) is 5.83. The Morgan fingerprint density at radius 2 is 1.91 bits per heavy atom. The third-order valence-corrected chi connectivity index (χ3v) is 4.74. The van der Waals surface area contributed by atoms with Crippen LogP contribution in [0, 0.1) is 5.41 Å². The predicted octanol–water partition coefficient (Wildman–Crippen LogP) is 3.63. The molecule has 2 unspecified atom stereocenters. The highest BCUT2D eigenvalue weighted by atomic mass is 16.5. The van der Waals surface area contributed by atoms with Gasteiger partial charge in [0.15, 0.2) is 0 Å². The quantitative estimate of drug-likeness (QED) is 0.873. The SMILES string of the molecule is CC(NC(=O)OCc1ccccc1)C(O)C1(C)CCCCC1. The molecule has 1 aliphatic rings. The van der Waals surface area contributed by atoms with Gasteiger partial charge in [-0.3, -0.25) is 0 Å². The van der Waals surface area contributed by atoms with E-state index >= 15 is 0 Å². The first-order chi connectivity index (χ1) is 10.5. The first kappa shape index (κ1) is 16.8. The van der Waals surface area contributed by atoms with Gasteiger partial charge in [-0.05, 0) is 30.7 Å². The zero-order valence-electron chi connectivity index (χ0n) is 13.5. The molecule has 2 rings (SSSR count). The molecular weight excluding hydrogens is 278 g/mol. The average Bonchev–Trinajstić information content (AvgIpc) is 2.54. The number of ether oxygens (including phenoxy) is 1. The third kappa shape index (κ3) is 4.47. The molecule has 0 spiro atoms. The lowest BCUT2D eigenvalue weighted by Crippen LogP contribution is -2.49. The van der Waals surface area contributed by atoms with Gasteiger partial charge < -0.3 is 15.2 Å². The van der Waals surface area contributed by atoms with E-state index in [0.29, 0.717) is 0 Å². The maximum atomic E-state index is 11.9. The molecule has 22 heavy (non-hydrogen) atoms. The fourth-order valence-corrected chi connectivity index (χ4v) is 3.29. The van der Waals surface area contributed by atoms with Gasteiger partial charge in [-0.15, -0.1) is 0 Å². The fraction of sp³-hybridized carbons (Fsp3) is 0.611. The second-order valence-electron chi connectivity index (χ2n) is 6.65. The van der Waals surface area contributed by atoms with Crippen LogP contribution in [0.1, 0.15) is 51.5 Å². The Hall–Kier alpha value is -1.55. The van der Waals surface area contributed by atoms with E-state index < -0.39 is 12.2 Å². The van der Waals surface area contributed by atoms with Gasteiger partial charge >= 0.3 is 6.09 Å². The first-order valence-corrected chi connectivity index (χ1v) is 8.16. The van der Waals surface area contributed by atoms with Crippen molar-refractivity contribution in [2.45, 2.75) is 64.7 Å². The summed E-state index contributed by atoms with van der Waals surface area (Å²) < 4.78 is 5.21. The molecule has 0 radical (unpaired) electrons. The molecule has 2 N–H and O–H groups in total. The maximum absolute atomic E-state index is 11.9.